The second-order valence-corrected chi connectivity index (χ2v) is 4.56. The molecular weight excluding hydrogens is 164 g/mol. The van der Waals surface area contributed by atoms with Crippen molar-refractivity contribution in [2.24, 2.45) is 5.92 Å². The minimum Gasteiger partial charge on any atom is -0.393 e. The van der Waals surface area contributed by atoms with Crippen LogP contribution >= 0.6 is 0 Å². The third-order valence-electron chi connectivity index (χ3n) is 2.71. The summed E-state index contributed by atoms with van der Waals surface area (Å²) in [5.74, 6) is 0.738. The highest BCUT2D eigenvalue weighted by molar-refractivity contribution is 4.80. The van der Waals surface area contributed by atoms with Gasteiger partial charge in [0, 0.05) is 19.6 Å². The summed E-state index contributed by atoms with van der Waals surface area (Å²) in [6, 6.07) is 0. The maximum atomic E-state index is 9.12. The molecule has 0 amide bonds. The van der Waals surface area contributed by atoms with Crippen LogP contribution in [0.2, 0.25) is 0 Å². The number of hydrogen-bond donors (Lipinski definition) is 1. The second kappa shape index (κ2) is 4.94. The van der Waals surface area contributed by atoms with Crippen molar-refractivity contribution in [3.8, 4) is 0 Å². The van der Waals surface area contributed by atoms with Gasteiger partial charge in [-0.05, 0) is 39.9 Å². The molecule has 0 aromatic rings. The number of nitrogens with zero attached hydrogens (tertiary/aromatic N) is 2. The molecular formula is C10H22N2O. The van der Waals surface area contributed by atoms with E-state index in [9.17, 15) is 0 Å². The molecule has 78 valence electrons. The number of hydrogen-bond acceptors (Lipinski definition) is 3. The second-order valence-electron chi connectivity index (χ2n) is 4.56. The van der Waals surface area contributed by atoms with Gasteiger partial charge in [0.15, 0.2) is 0 Å². The molecule has 1 rings (SSSR count). The summed E-state index contributed by atoms with van der Waals surface area (Å²) in [5, 5.41) is 9.12. The summed E-state index contributed by atoms with van der Waals surface area (Å²) < 4.78 is 0. The zero-order valence-electron chi connectivity index (χ0n) is 9.03. The summed E-state index contributed by atoms with van der Waals surface area (Å²) >= 11 is 0. The third kappa shape index (κ3) is 4.07. The van der Waals surface area contributed by atoms with Crippen molar-refractivity contribution in [3.63, 3.8) is 0 Å². The average molecular weight is 186 g/mol. The smallest absolute Gasteiger partial charge is 0.0546 e. The van der Waals surface area contributed by atoms with Gasteiger partial charge in [-0.3, -0.25) is 0 Å². The van der Waals surface area contributed by atoms with Gasteiger partial charge >= 0.3 is 0 Å². The van der Waals surface area contributed by atoms with Crippen LogP contribution in [0.15, 0.2) is 0 Å². The Morgan fingerprint density at radius 3 is 2.23 bits per heavy atom. The summed E-state index contributed by atoms with van der Waals surface area (Å²) in [6.07, 6.45) is 2.01. The van der Waals surface area contributed by atoms with Crippen LogP contribution in [0, 0.1) is 5.92 Å². The van der Waals surface area contributed by atoms with E-state index in [-0.39, 0.29) is 6.10 Å². The van der Waals surface area contributed by atoms with Crippen LogP contribution in [-0.2, 0) is 0 Å². The number of likely N-dealkylation sites (N-methyl/N-ethyl adjacent to an activating group) is 2. The van der Waals surface area contributed by atoms with E-state index in [2.05, 4.69) is 30.9 Å². The van der Waals surface area contributed by atoms with Crippen LogP contribution in [0.25, 0.3) is 0 Å². The molecule has 0 bridgehead atoms. The molecule has 3 heteroatoms. The molecule has 0 radical (unpaired) electrons. The minimum absolute atomic E-state index is 0.00718. The predicted molar refractivity (Wildman–Crippen MR) is 54.8 cm³/mol. The van der Waals surface area contributed by atoms with Crippen molar-refractivity contribution in [1.82, 2.24) is 9.80 Å². The van der Waals surface area contributed by atoms with E-state index < -0.39 is 0 Å². The minimum atomic E-state index is -0.00718. The predicted octanol–water partition coefficient (Wildman–Crippen LogP) is 0.251. The maximum Gasteiger partial charge on any atom is 0.0546 e. The standard InChI is InChI=1S/C10H22N2O/c1-11(2)4-5-12(3)8-9-6-10(13)7-9/h9-10,13H,4-8H2,1-3H3. The zero-order valence-corrected chi connectivity index (χ0v) is 9.03. The molecule has 1 aliphatic rings. The Labute approximate surface area is 81.3 Å². The maximum absolute atomic E-state index is 9.12. The number of aliphatic hydroxyl groups is 1. The van der Waals surface area contributed by atoms with Gasteiger partial charge in [-0.2, -0.15) is 0 Å². The Kier molecular flexibility index (Phi) is 4.16. The first kappa shape index (κ1) is 11.0. The van der Waals surface area contributed by atoms with Crippen LogP contribution in [0.5, 0.6) is 0 Å². The molecule has 0 atom stereocenters. The van der Waals surface area contributed by atoms with E-state index in [0.29, 0.717) is 0 Å². The van der Waals surface area contributed by atoms with Crippen LogP contribution in [0.4, 0.5) is 0 Å². The molecule has 1 aliphatic carbocycles. The van der Waals surface area contributed by atoms with Gasteiger partial charge < -0.3 is 14.9 Å². The fourth-order valence-corrected chi connectivity index (χ4v) is 1.75. The summed E-state index contributed by atoms with van der Waals surface area (Å²) in [6.45, 7) is 3.39. The van der Waals surface area contributed by atoms with Gasteiger partial charge in [0.2, 0.25) is 0 Å². The Morgan fingerprint density at radius 2 is 1.77 bits per heavy atom. The molecule has 1 N–H and O–H groups in total. The first-order chi connectivity index (χ1) is 6.08. The first-order valence-electron chi connectivity index (χ1n) is 5.09. The monoisotopic (exact) mass is 186 g/mol. The van der Waals surface area contributed by atoms with Crippen LogP contribution < -0.4 is 0 Å². The van der Waals surface area contributed by atoms with Crippen molar-refractivity contribution in [3.05, 3.63) is 0 Å². The lowest BCUT2D eigenvalue weighted by Gasteiger charge is -2.34. The molecule has 0 aromatic carbocycles. The van der Waals surface area contributed by atoms with Gasteiger partial charge in [0.1, 0.15) is 0 Å². The normalized spacial score (nSPS) is 28.2. The summed E-state index contributed by atoms with van der Waals surface area (Å²) in [5.41, 5.74) is 0. The molecule has 13 heavy (non-hydrogen) atoms. The van der Waals surface area contributed by atoms with Crippen LogP contribution in [-0.4, -0.2) is 61.8 Å². The Bertz CT molecular complexity index is 144. The Hall–Kier alpha value is -0.120. The van der Waals surface area contributed by atoms with E-state index >= 15 is 0 Å². The van der Waals surface area contributed by atoms with Gasteiger partial charge in [-0.25, -0.2) is 0 Å². The Morgan fingerprint density at radius 1 is 1.15 bits per heavy atom. The lowest BCUT2D eigenvalue weighted by atomic mass is 9.82. The van der Waals surface area contributed by atoms with Crippen molar-refractivity contribution in [2.45, 2.75) is 18.9 Å². The molecule has 3 nitrogen and oxygen atoms in total. The summed E-state index contributed by atoms with van der Waals surface area (Å²) in [7, 11) is 6.36. The zero-order chi connectivity index (χ0) is 9.84. The van der Waals surface area contributed by atoms with E-state index in [0.717, 1.165) is 38.4 Å². The molecule has 0 aromatic heterocycles. The van der Waals surface area contributed by atoms with Crippen LogP contribution in [0.1, 0.15) is 12.8 Å². The fraction of sp³-hybridized carbons (Fsp3) is 1.00. The SMILES string of the molecule is CN(C)CCN(C)CC1CC(O)C1. The van der Waals surface area contributed by atoms with Gasteiger partial charge in [-0.1, -0.05) is 0 Å². The van der Waals surface area contributed by atoms with Crippen molar-refractivity contribution in [2.75, 3.05) is 40.8 Å². The van der Waals surface area contributed by atoms with Gasteiger partial charge in [-0.15, -0.1) is 0 Å². The largest absolute Gasteiger partial charge is 0.393 e. The molecule has 0 spiro atoms. The lowest BCUT2D eigenvalue weighted by Crippen LogP contribution is -2.39. The van der Waals surface area contributed by atoms with Crippen molar-refractivity contribution >= 4 is 0 Å². The molecule has 0 aliphatic heterocycles. The van der Waals surface area contributed by atoms with Gasteiger partial charge in [0.25, 0.3) is 0 Å². The molecule has 0 unspecified atom stereocenters. The highest BCUT2D eigenvalue weighted by atomic mass is 16.3. The van der Waals surface area contributed by atoms with E-state index in [1.54, 1.807) is 0 Å². The lowest BCUT2D eigenvalue weighted by molar-refractivity contribution is 0.0277. The van der Waals surface area contributed by atoms with Gasteiger partial charge in [0.05, 0.1) is 6.10 Å². The molecule has 1 fully saturated rings. The van der Waals surface area contributed by atoms with Crippen molar-refractivity contribution in [1.29, 1.82) is 0 Å². The highest BCUT2D eigenvalue weighted by Gasteiger charge is 2.27. The quantitative estimate of drug-likeness (QED) is 0.667. The molecule has 0 saturated heterocycles. The summed E-state index contributed by atoms with van der Waals surface area (Å²) in [4.78, 5) is 4.56. The fourth-order valence-electron chi connectivity index (χ4n) is 1.75. The number of aliphatic hydroxyl groups excluding tert-OH is 1. The number of rotatable bonds is 5. The average Bonchev–Trinajstić information content (AvgIpc) is 1.98. The highest BCUT2D eigenvalue weighted by Crippen LogP contribution is 2.27. The first-order valence-corrected chi connectivity index (χ1v) is 5.09. The van der Waals surface area contributed by atoms with E-state index in [1.807, 2.05) is 0 Å². The Balaban J connectivity index is 2.01. The molecule has 1 saturated carbocycles. The topological polar surface area (TPSA) is 26.7 Å². The van der Waals surface area contributed by atoms with Crippen molar-refractivity contribution < 1.29 is 5.11 Å². The van der Waals surface area contributed by atoms with E-state index in [4.69, 9.17) is 5.11 Å². The van der Waals surface area contributed by atoms with Crippen LogP contribution in [0.3, 0.4) is 0 Å². The molecule has 0 heterocycles. The third-order valence-corrected chi connectivity index (χ3v) is 2.71. The van der Waals surface area contributed by atoms with E-state index in [1.165, 1.54) is 0 Å².